The molecule has 0 amide bonds. The molecule has 5 heteroatoms. The van der Waals surface area contributed by atoms with Crippen LogP contribution in [0.4, 0.5) is 5.69 Å². The van der Waals surface area contributed by atoms with E-state index in [0.717, 1.165) is 6.07 Å². The van der Waals surface area contributed by atoms with Crippen LogP contribution >= 0.6 is 12.4 Å². The van der Waals surface area contributed by atoms with Crippen molar-refractivity contribution >= 4 is 24.4 Å². The van der Waals surface area contributed by atoms with E-state index in [1.54, 1.807) is 0 Å². The van der Waals surface area contributed by atoms with E-state index in [9.17, 15) is 4.79 Å². The first-order valence-electron chi connectivity index (χ1n) is 2.91. The largest absolute Gasteiger partial charge is 0.504 e. The minimum absolute atomic E-state index is 0. The fourth-order valence-corrected chi connectivity index (χ4v) is 0.732. The van der Waals surface area contributed by atoms with Gasteiger partial charge in [0.05, 0.1) is 5.69 Å². The van der Waals surface area contributed by atoms with Gasteiger partial charge < -0.3 is 15.9 Å². The number of aromatic hydroxyl groups is 2. The normalized spacial score (nSPS) is 8.67. The highest BCUT2D eigenvalue weighted by atomic mass is 35.5. The first-order valence-corrected chi connectivity index (χ1v) is 2.91. The minimum atomic E-state index is -0.393. The lowest BCUT2D eigenvalue weighted by atomic mass is 10.2. The number of rotatable bonds is 1. The van der Waals surface area contributed by atoms with Crippen LogP contribution in [0.2, 0.25) is 0 Å². The van der Waals surface area contributed by atoms with Crippen molar-refractivity contribution in [3.8, 4) is 11.5 Å². The molecule has 1 aromatic rings. The van der Waals surface area contributed by atoms with Crippen LogP contribution < -0.4 is 5.73 Å². The van der Waals surface area contributed by atoms with Gasteiger partial charge >= 0.3 is 0 Å². The Bertz CT molecular complexity index is 278. The third-order valence-corrected chi connectivity index (χ3v) is 1.28. The van der Waals surface area contributed by atoms with E-state index >= 15 is 0 Å². The second-order valence-electron chi connectivity index (χ2n) is 2.10. The number of aldehydes is 1. The summed E-state index contributed by atoms with van der Waals surface area (Å²) in [7, 11) is 0. The zero-order valence-corrected chi connectivity index (χ0v) is 6.84. The number of hydrogen-bond acceptors (Lipinski definition) is 4. The molecule has 0 heterocycles. The fraction of sp³-hybridized carbons (Fsp3) is 0. The Labute approximate surface area is 75.0 Å². The van der Waals surface area contributed by atoms with Gasteiger partial charge in [0.2, 0.25) is 0 Å². The first-order chi connectivity index (χ1) is 5.15. The zero-order chi connectivity index (χ0) is 8.43. The van der Waals surface area contributed by atoms with Crippen molar-refractivity contribution in [2.45, 2.75) is 0 Å². The molecule has 12 heavy (non-hydrogen) atoms. The lowest BCUT2D eigenvalue weighted by Crippen LogP contribution is -1.88. The van der Waals surface area contributed by atoms with E-state index in [2.05, 4.69) is 0 Å². The molecule has 0 spiro atoms. The number of anilines is 1. The lowest BCUT2D eigenvalue weighted by Gasteiger charge is -2.01. The van der Waals surface area contributed by atoms with Gasteiger partial charge in [-0.25, -0.2) is 0 Å². The summed E-state index contributed by atoms with van der Waals surface area (Å²) in [4.78, 5) is 10.2. The molecular formula is C7H8ClNO3. The number of nitrogen functional groups attached to an aromatic ring is 1. The van der Waals surface area contributed by atoms with Crippen LogP contribution in [-0.2, 0) is 0 Å². The Morgan fingerprint density at radius 2 is 1.92 bits per heavy atom. The number of phenolic OH excluding ortho intramolecular Hbond substituents is 2. The molecule has 66 valence electrons. The zero-order valence-electron chi connectivity index (χ0n) is 6.02. The summed E-state index contributed by atoms with van der Waals surface area (Å²) in [5.74, 6) is -0.775. The summed E-state index contributed by atoms with van der Waals surface area (Å²) >= 11 is 0. The number of phenols is 2. The van der Waals surface area contributed by atoms with E-state index in [4.69, 9.17) is 15.9 Å². The molecule has 0 atom stereocenters. The minimum Gasteiger partial charge on any atom is -0.504 e. The third-order valence-electron chi connectivity index (χ3n) is 1.28. The first kappa shape index (κ1) is 10.6. The van der Waals surface area contributed by atoms with Crippen molar-refractivity contribution in [2.24, 2.45) is 0 Å². The van der Waals surface area contributed by atoms with Gasteiger partial charge in [-0.2, -0.15) is 0 Å². The summed E-state index contributed by atoms with van der Waals surface area (Å²) in [6.45, 7) is 0. The van der Waals surface area contributed by atoms with Gasteiger partial charge in [-0.3, -0.25) is 4.79 Å². The third kappa shape index (κ3) is 1.79. The lowest BCUT2D eigenvalue weighted by molar-refractivity contribution is 0.112. The Balaban J connectivity index is 0.00000121. The van der Waals surface area contributed by atoms with Crippen molar-refractivity contribution in [3.05, 3.63) is 17.7 Å². The van der Waals surface area contributed by atoms with Crippen molar-refractivity contribution in [2.75, 3.05) is 5.73 Å². The highest BCUT2D eigenvalue weighted by Crippen LogP contribution is 2.31. The van der Waals surface area contributed by atoms with Crippen LogP contribution in [0.5, 0.6) is 11.5 Å². The van der Waals surface area contributed by atoms with Gasteiger partial charge in [-0.15, -0.1) is 12.4 Å². The predicted molar refractivity (Wildman–Crippen MR) is 46.8 cm³/mol. The molecule has 1 aromatic carbocycles. The molecule has 0 aliphatic heterocycles. The Morgan fingerprint density at radius 3 is 2.33 bits per heavy atom. The molecular weight excluding hydrogens is 182 g/mol. The van der Waals surface area contributed by atoms with Crippen molar-refractivity contribution < 1.29 is 15.0 Å². The number of nitrogens with two attached hydrogens (primary N) is 1. The van der Waals surface area contributed by atoms with E-state index in [0.29, 0.717) is 6.29 Å². The van der Waals surface area contributed by atoms with Crippen molar-refractivity contribution in [3.63, 3.8) is 0 Å². The Hall–Kier alpha value is -1.42. The summed E-state index contributed by atoms with van der Waals surface area (Å²) in [6.07, 6.45) is 0.537. The average Bonchev–Trinajstić information content (AvgIpc) is 1.99. The highest BCUT2D eigenvalue weighted by molar-refractivity contribution is 5.85. The quantitative estimate of drug-likeness (QED) is 0.348. The summed E-state index contributed by atoms with van der Waals surface area (Å²) in [6, 6.07) is 2.42. The van der Waals surface area contributed by atoms with E-state index in [1.807, 2.05) is 0 Å². The molecule has 0 aliphatic carbocycles. The number of benzene rings is 1. The van der Waals surface area contributed by atoms with Gasteiger partial charge in [0, 0.05) is 5.56 Å². The Morgan fingerprint density at radius 1 is 1.33 bits per heavy atom. The Kier molecular flexibility index (Phi) is 3.37. The molecule has 0 unspecified atom stereocenters. The maximum absolute atomic E-state index is 10.2. The summed E-state index contributed by atoms with van der Waals surface area (Å²) < 4.78 is 0. The van der Waals surface area contributed by atoms with Gasteiger partial charge in [-0.1, -0.05) is 0 Å². The molecule has 0 radical (unpaired) electrons. The van der Waals surface area contributed by atoms with Crippen LogP contribution in [0.25, 0.3) is 0 Å². The smallest absolute Gasteiger partial charge is 0.181 e. The van der Waals surface area contributed by atoms with Crippen LogP contribution in [0.1, 0.15) is 10.4 Å². The fourth-order valence-electron chi connectivity index (χ4n) is 0.732. The van der Waals surface area contributed by atoms with Gasteiger partial charge in [0.1, 0.15) is 6.29 Å². The topological polar surface area (TPSA) is 83.6 Å². The number of carbonyl (C=O) groups is 1. The second kappa shape index (κ2) is 3.82. The molecule has 4 nitrogen and oxygen atoms in total. The van der Waals surface area contributed by atoms with Gasteiger partial charge in [0.25, 0.3) is 0 Å². The number of halogens is 1. The maximum atomic E-state index is 10.2. The van der Waals surface area contributed by atoms with Crippen LogP contribution in [0.3, 0.4) is 0 Å². The molecule has 4 N–H and O–H groups in total. The van der Waals surface area contributed by atoms with Crippen molar-refractivity contribution in [1.29, 1.82) is 0 Å². The molecule has 0 aliphatic rings. The molecule has 0 aromatic heterocycles. The molecule has 0 bridgehead atoms. The molecule has 0 fully saturated rings. The van der Waals surface area contributed by atoms with Gasteiger partial charge in [0.15, 0.2) is 11.5 Å². The van der Waals surface area contributed by atoms with Gasteiger partial charge in [-0.05, 0) is 12.1 Å². The second-order valence-corrected chi connectivity index (χ2v) is 2.10. The maximum Gasteiger partial charge on any atom is 0.181 e. The van der Waals surface area contributed by atoms with Crippen molar-refractivity contribution in [1.82, 2.24) is 0 Å². The standard InChI is InChI=1S/C7H7NO3.ClH/c8-5-1-4(3-9)2-6(10)7(5)11;/h1-3,10-11H,8H2;1H. The van der Waals surface area contributed by atoms with E-state index < -0.39 is 5.75 Å². The molecule has 1 rings (SSSR count). The predicted octanol–water partition coefficient (Wildman–Crippen LogP) is 0.914. The molecule has 0 saturated carbocycles. The monoisotopic (exact) mass is 189 g/mol. The van der Waals surface area contributed by atoms with Crippen LogP contribution in [0, 0.1) is 0 Å². The highest BCUT2D eigenvalue weighted by Gasteiger charge is 2.04. The summed E-state index contributed by atoms with van der Waals surface area (Å²) in [5.41, 5.74) is 5.45. The SMILES string of the molecule is Cl.Nc1cc(C=O)cc(O)c1O. The van der Waals surface area contributed by atoms with Crippen LogP contribution in [0.15, 0.2) is 12.1 Å². The van der Waals surface area contributed by atoms with E-state index in [-0.39, 0.29) is 29.4 Å². The average molecular weight is 190 g/mol. The summed E-state index contributed by atoms with van der Waals surface area (Å²) in [5, 5.41) is 17.9. The van der Waals surface area contributed by atoms with E-state index in [1.165, 1.54) is 6.07 Å². The number of hydrogen-bond donors (Lipinski definition) is 3. The number of carbonyl (C=O) groups excluding carboxylic acids is 1. The van der Waals surface area contributed by atoms with Crippen LogP contribution in [-0.4, -0.2) is 16.5 Å². The molecule has 0 saturated heterocycles.